The molecule has 1 aromatic heterocycles. The Morgan fingerprint density at radius 3 is 2.78 bits per heavy atom. The van der Waals surface area contributed by atoms with E-state index in [0.29, 0.717) is 5.69 Å². The molecule has 1 amide bonds. The Labute approximate surface area is 110 Å². The Morgan fingerprint density at radius 1 is 1.44 bits per heavy atom. The molecule has 0 radical (unpaired) electrons. The Morgan fingerprint density at radius 2 is 2.17 bits per heavy atom. The summed E-state index contributed by atoms with van der Waals surface area (Å²) in [5, 5.41) is 11.5. The Kier molecular flexibility index (Phi) is 3.62. The van der Waals surface area contributed by atoms with Gasteiger partial charge >= 0.3 is 0 Å². The van der Waals surface area contributed by atoms with Crippen LogP contribution in [0.25, 0.3) is 0 Å². The predicted molar refractivity (Wildman–Crippen MR) is 70.7 cm³/mol. The van der Waals surface area contributed by atoms with Crippen LogP contribution in [-0.2, 0) is 0 Å². The van der Waals surface area contributed by atoms with Gasteiger partial charge in [-0.2, -0.15) is 0 Å². The molecule has 2 aromatic rings. The number of nitrogens with zero attached hydrogens (tertiary/aromatic N) is 2. The lowest BCUT2D eigenvalue weighted by molar-refractivity contribution is 0.0736. The van der Waals surface area contributed by atoms with E-state index in [1.54, 1.807) is 35.0 Å². The number of phenolic OH excluding ortho intramolecular Hbond substituents is 1. The normalized spacial score (nSPS) is 12.1. The second kappa shape index (κ2) is 5.18. The first-order valence-corrected chi connectivity index (χ1v) is 6.48. The van der Waals surface area contributed by atoms with Crippen LogP contribution in [0.2, 0.25) is 0 Å². The molecule has 0 spiro atoms. The molecule has 1 heterocycles. The summed E-state index contributed by atoms with van der Waals surface area (Å²) < 4.78 is 0. The molecule has 94 valence electrons. The molecule has 5 heteroatoms. The van der Waals surface area contributed by atoms with Gasteiger partial charge < -0.3 is 10.0 Å². The quantitative estimate of drug-likeness (QED) is 0.925. The number of benzene rings is 1. The maximum absolute atomic E-state index is 12.1. The molecule has 0 bridgehead atoms. The molecule has 0 fully saturated rings. The maximum Gasteiger partial charge on any atom is 0.273 e. The van der Waals surface area contributed by atoms with Crippen molar-refractivity contribution in [2.45, 2.75) is 13.0 Å². The molecule has 18 heavy (non-hydrogen) atoms. The smallest absolute Gasteiger partial charge is 0.273 e. The van der Waals surface area contributed by atoms with Crippen molar-refractivity contribution in [2.24, 2.45) is 0 Å². The summed E-state index contributed by atoms with van der Waals surface area (Å²) in [7, 11) is 1.71. The van der Waals surface area contributed by atoms with Crippen molar-refractivity contribution in [1.29, 1.82) is 0 Å². The zero-order valence-electron chi connectivity index (χ0n) is 10.2. The van der Waals surface area contributed by atoms with Gasteiger partial charge in [0, 0.05) is 18.0 Å². The molecular formula is C13H14N2O2S. The van der Waals surface area contributed by atoms with Gasteiger partial charge in [-0.3, -0.25) is 4.79 Å². The highest BCUT2D eigenvalue weighted by Gasteiger charge is 2.21. The summed E-state index contributed by atoms with van der Waals surface area (Å²) in [6, 6.07) is 6.82. The van der Waals surface area contributed by atoms with Crippen molar-refractivity contribution in [3.8, 4) is 5.75 Å². The van der Waals surface area contributed by atoms with E-state index in [4.69, 9.17) is 0 Å². The molecule has 0 saturated carbocycles. The van der Waals surface area contributed by atoms with E-state index >= 15 is 0 Å². The standard InChI is InChI=1S/C13H14N2O2S/c1-9(10-5-3-4-6-12(10)16)15(2)13(17)11-7-18-8-14-11/h3-9,16H,1-2H3. The molecule has 1 aromatic carbocycles. The molecule has 0 aliphatic heterocycles. The van der Waals surface area contributed by atoms with E-state index in [1.807, 2.05) is 19.1 Å². The van der Waals surface area contributed by atoms with E-state index in [-0.39, 0.29) is 17.7 Å². The lowest BCUT2D eigenvalue weighted by atomic mass is 10.1. The fourth-order valence-electron chi connectivity index (χ4n) is 1.72. The van der Waals surface area contributed by atoms with E-state index in [1.165, 1.54) is 11.3 Å². The molecule has 2 rings (SSSR count). The summed E-state index contributed by atoms with van der Waals surface area (Å²) in [6.07, 6.45) is 0. The largest absolute Gasteiger partial charge is 0.508 e. The fourth-order valence-corrected chi connectivity index (χ4v) is 2.25. The van der Waals surface area contributed by atoms with Crippen LogP contribution in [0, 0.1) is 0 Å². The first-order chi connectivity index (χ1) is 8.61. The molecule has 0 aliphatic carbocycles. The van der Waals surface area contributed by atoms with E-state index < -0.39 is 0 Å². The Bertz CT molecular complexity index is 540. The number of hydrogen-bond acceptors (Lipinski definition) is 4. The number of aromatic hydroxyl groups is 1. The van der Waals surface area contributed by atoms with Gasteiger partial charge in [0.15, 0.2) is 0 Å². The van der Waals surface area contributed by atoms with E-state index in [2.05, 4.69) is 4.98 Å². The SMILES string of the molecule is CC(c1ccccc1O)N(C)C(=O)c1cscn1. The van der Waals surface area contributed by atoms with Gasteiger partial charge in [0.2, 0.25) is 0 Å². The van der Waals surface area contributed by atoms with Crippen LogP contribution < -0.4 is 0 Å². The van der Waals surface area contributed by atoms with Crippen LogP contribution in [-0.4, -0.2) is 27.9 Å². The van der Waals surface area contributed by atoms with Crippen molar-refractivity contribution < 1.29 is 9.90 Å². The third-order valence-corrected chi connectivity index (χ3v) is 3.53. The number of carbonyl (C=O) groups excluding carboxylic acids is 1. The highest BCUT2D eigenvalue weighted by atomic mass is 32.1. The molecule has 1 unspecified atom stereocenters. The molecule has 1 atom stereocenters. The molecule has 4 nitrogen and oxygen atoms in total. The minimum absolute atomic E-state index is 0.146. The van der Waals surface area contributed by atoms with Crippen molar-refractivity contribution in [3.63, 3.8) is 0 Å². The number of rotatable bonds is 3. The van der Waals surface area contributed by atoms with Crippen LogP contribution in [0.1, 0.15) is 29.0 Å². The van der Waals surface area contributed by atoms with Crippen LogP contribution in [0.5, 0.6) is 5.75 Å². The first kappa shape index (κ1) is 12.6. The van der Waals surface area contributed by atoms with Crippen LogP contribution >= 0.6 is 11.3 Å². The fraction of sp³-hybridized carbons (Fsp3) is 0.231. The zero-order valence-corrected chi connectivity index (χ0v) is 11.0. The van der Waals surface area contributed by atoms with Gasteiger partial charge in [0.05, 0.1) is 11.6 Å². The topological polar surface area (TPSA) is 53.4 Å². The molecule has 0 aliphatic rings. The van der Waals surface area contributed by atoms with Gasteiger partial charge in [0.25, 0.3) is 5.91 Å². The number of phenols is 1. The second-order valence-corrected chi connectivity index (χ2v) is 4.74. The second-order valence-electron chi connectivity index (χ2n) is 4.02. The lowest BCUT2D eigenvalue weighted by Gasteiger charge is -2.25. The van der Waals surface area contributed by atoms with Gasteiger partial charge in [0.1, 0.15) is 11.4 Å². The van der Waals surface area contributed by atoms with Gasteiger partial charge in [-0.1, -0.05) is 18.2 Å². The van der Waals surface area contributed by atoms with Gasteiger partial charge in [-0.25, -0.2) is 4.98 Å². The van der Waals surface area contributed by atoms with Crippen LogP contribution in [0.4, 0.5) is 0 Å². The lowest BCUT2D eigenvalue weighted by Crippen LogP contribution is -2.29. The minimum atomic E-state index is -0.208. The van der Waals surface area contributed by atoms with Crippen molar-refractivity contribution in [1.82, 2.24) is 9.88 Å². The monoisotopic (exact) mass is 262 g/mol. The summed E-state index contributed by atoms with van der Waals surface area (Å²) in [6.45, 7) is 1.87. The summed E-state index contributed by atoms with van der Waals surface area (Å²) in [5.41, 5.74) is 2.79. The third kappa shape index (κ3) is 2.36. The van der Waals surface area contributed by atoms with Crippen LogP contribution in [0.15, 0.2) is 35.2 Å². The Hall–Kier alpha value is -1.88. The van der Waals surface area contributed by atoms with Crippen molar-refractivity contribution in [2.75, 3.05) is 7.05 Å². The highest BCUT2D eigenvalue weighted by Crippen LogP contribution is 2.27. The summed E-state index contributed by atoms with van der Waals surface area (Å²) >= 11 is 1.39. The number of carbonyl (C=O) groups is 1. The summed E-state index contributed by atoms with van der Waals surface area (Å²) in [5.74, 6) is 0.0509. The number of hydrogen-bond donors (Lipinski definition) is 1. The maximum atomic E-state index is 12.1. The van der Waals surface area contributed by atoms with Gasteiger partial charge in [-0.05, 0) is 13.0 Å². The van der Waals surface area contributed by atoms with Crippen molar-refractivity contribution >= 4 is 17.2 Å². The van der Waals surface area contributed by atoms with E-state index in [9.17, 15) is 9.90 Å². The number of para-hydroxylation sites is 1. The highest BCUT2D eigenvalue weighted by molar-refractivity contribution is 7.07. The third-order valence-electron chi connectivity index (χ3n) is 2.94. The first-order valence-electron chi connectivity index (χ1n) is 5.54. The minimum Gasteiger partial charge on any atom is -0.508 e. The number of thiazole rings is 1. The predicted octanol–water partition coefficient (Wildman–Crippen LogP) is 2.68. The number of amides is 1. The van der Waals surface area contributed by atoms with Crippen LogP contribution in [0.3, 0.4) is 0 Å². The molecule has 1 N–H and O–H groups in total. The Balaban J connectivity index is 2.22. The summed E-state index contributed by atoms with van der Waals surface area (Å²) in [4.78, 5) is 17.7. The van der Waals surface area contributed by atoms with E-state index in [0.717, 1.165) is 5.56 Å². The zero-order chi connectivity index (χ0) is 13.1. The van der Waals surface area contributed by atoms with Crippen molar-refractivity contribution in [3.05, 3.63) is 46.4 Å². The number of aromatic nitrogens is 1. The van der Waals surface area contributed by atoms with Gasteiger partial charge in [-0.15, -0.1) is 11.3 Å². The molecule has 0 saturated heterocycles. The average Bonchev–Trinajstić information content (AvgIpc) is 2.90. The average molecular weight is 262 g/mol. The molecular weight excluding hydrogens is 248 g/mol.